The molecule has 1 heterocycles. The van der Waals surface area contributed by atoms with Crippen LogP contribution in [0.2, 0.25) is 0 Å². The standard InChI is InChI=1S/C9H7Cl3N2O2S/c1-14-6-4-2-3-5-7(6)17(15,16)13-8(14)9(10,11)12/h2-5H,1H3. The molecule has 0 aliphatic carbocycles. The summed E-state index contributed by atoms with van der Waals surface area (Å²) in [5.41, 5.74) is 0.434. The van der Waals surface area contributed by atoms with Crippen LogP contribution in [-0.2, 0) is 10.0 Å². The Morgan fingerprint density at radius 2 is 1.82 bits per heavy atom. The smallest absolute Gasteiger partial charge is 0.286 e. The number of fused-ring (bicyclic) bond motifs is 1. The zero-order chi connectivity index (χ0) is 12.8. The van der Waals surface area contributed by atoms with Gasteiger partial charge in [0.15, 0.2) is 5.84 Å². The van der Waals surface area contributed by atoms with Crippen molar-refractivity contribution in [3.05, 3.63) is 24.3 Å². The summed E-state index contributed by atoms with van der Waals surface area (Å²) in [5.74, 6) is -0.138. The fraction of sp³-hybridized carbons (Fsp3) is 0.222. The number of halogens is 3. The van der Waals surface area contributed by atoms with Gasteiger partial charge in [-0.15, -0.1) is 4.40 Å². The number of rotatable bonds is 0. The van der Waals surface area contributed by atoms with Gasteiger partial charge in [-0.05, 0) is 12.1 Å². The molecule has 0 spiro atoms. The molecule has 0 atom stereocenters. The summed E-state index contributed by atoms with van der Waals surface area (Å²) in [6, 6.07) is 6.39. The third kappa shape index (κ3) is 2.25. The van der Waals surface area contributed by atoms with E-state index in [0.29, 0.717) is 5.69 Å². The highest BCUT2D eigenvalue weighted by molar-refractivity contribution is 7.90. The second-order valence-electron chi connectivity index (χ2n) is 3.41. The van der Waals surface area contributed by atoms with Crippen molar-refractivity contribution >= 4 is 56.3 Å². The lowest BCUT2D eigenvalue weighted by atomic mass is 10.3. The minimum absolute atomic E-state index is 0.0977. The molecule has 8 heteroatoms. The number of sulfonamides is 1. The Balaban J connectivity index is 2.71. The highest BCUT2D eigenvalue weighted by atomic mass is 35.6. The van der Waals surface area contributed by atoms with Crippen LogP contribution in [0.1, 0.15) is 0 Å². The fourth-order valence-electron chi connectivity index (χ4n) is 1.53. The van der Waals surface area contributed by atoms with E-state index in [4.69, 9.17) is 34.8 Å². The van der Waals surface area contributed by atoms with E-state index < -0.39 is 13.8 Å². The quantitative estimate of drug-likeness (QED) is 0.692. The minimum atomic E-state index is -3.81. The summed E-state index contributed by atoms with van der Waals surface area (Å²) in [6.45, 7) is 0. The first kappa shape index (κ1) is 13.0. The molecule has 0 saturated heterocycles. The lowest BCUT2D eigenvalue weighted by Gasteiger charge is -2.30. The molecule has 17 heavy (non-hydrogen) atoms. The summed E-state index contributed by atoms with van der Waals surface area (Å²) in [5, 5.41) is 0. The molecule has 2 rings (SSSR count). The van der Waals surface area contributed by atoms with Gasteiger partial charge in [-0.3, -0.25) is 0 Å². The van der Waals surface area contributed by atoms with E-state index in [1.807, 2.05) is 0 Å². The number of benzene rings is 1. The Morgan fingerprint density at radius 3 is 2.41 bits per heavy atom. The number of hydrogen-bond donors (Lipinski definition) is 0. The van der Waals surface area contributed by atoms with Gasteiger partial charge in [-0.25, -0.2) is 0 Å². The van der Waals surface area contributed by atoms with Gasteiger partial charge in [0.2, 0.25) is 3.79 Å². The average Bonchev–Trinajstić information content (AvgIpc) is 2.22. The second-order valence-corrected chi connectivity index (χ2v) is 7.27. The molecular formula is C9H7Cl3N2O2S. The molecule has 0 saturated carbocycles. The molecule has 0 aromatic heterocycles. The van der Waals surface area contributed by atoms with Crippen molar-refractivity contribution in [3.8, 4) is 0 Å². The Labute approximate surface area is 114 Å². The predicted octanol–water partition coefficient (Wildman–Crippen LogP) is 2.59. The molecule has 0 amide bonds. The Bertz CT molecular complexity index is 593. The maximum absolute atomic E-state index is 11.9. The number of nitrogens with zero attached hydrogens (tertiary/aromatic N) is 2. The maximum Gasteiger partial charge on any atom is 0.286 e. The molecule has 92 valence electrons. The highest BCUT2D eigenvalue weighted by Crippen LogP contribution is 2.38. The van der Waals surface area contributed by atoms with Crippen molar-refractivity contribution < 1.29 is 8.42 Å². The van der Waals surface area contributed by atoms with Crippen LogP contribution in [0.15, 0.2) is 33.6 Å². The SMILES string of the molecule is CN1C(C(Cl)(Cl)Cl)=NS(=O)(=O)c2ccccc21. The van der Waals surface area contributed by atoms with Crippen LogP contribution in [0, 0.1) is 0 Å². The van der Waals surface area contributed by atoms with Crippen LogP contribution in [0.3, 0.4) is 0 Å². The molecule has 0 N–H and O–H groups in total. The normalized spacial score (nSPS) is 18.6. The molecule has 0 radical (unpaired) electrons. The zero-order valence-electron chi connectivity index (χ0n) is 8.56. The first-order valence-electron chi connectivity index (χ1n) is 4.48. The summed E-state index contributed by atoms with van der Waals surface area (Å²) in [6.07, 6.45) is 0. The summed E-state index contributed by atoms with van der Waals surface area (Å²) in [7, 11) is -2.22. The van der Waals surface area contributed by atoms with E-state index in [0.717, 1.165) is 0 Å². The molecular weight excluding hydrogens is 307 g/mol. The van der Waals surface area contributed by atoms with Crippen molar-refractivity contribution in [1.82, 2.24) is 0 Å². The molecule has 0 unspecified atom stereocenters. The van der Waals surface area contributed by atoms with Gasteiger partial charge < -0.3 is 4.90 Å². The Hall–Kier alpha value is -0.490. The van der Waals surface area contributed by atoms with Gasteiger partial charge in [0.25, 0.3) is 10.0 Å². The van der Waals surface area contributed by atoms with Crippen molar-refractivity contribution in [1.29, 1.82) is 0 Å². The first-order chi connectivity index (χ1) is 7.73. The summed E-state index contributed by atoms with van der Waals surface area (Å²) in [4.78, 5) is 1.55. The Kier molecular flexibility index (Phi) is 3.06. The minimum Gasteiger partial charge on any atom is -0.327 e. The molecule has 1 aliphatic rings. The molecule has 1 aliphatic heterocycles. The first-order valence-corrected chi connectivity index (χ1v) is 7.06. The van der Waals surface area contributed by atoms with Crippen LogP contribution >= 0.6 is 34.8 Å². The van der Waals surface area contributed by atoms with Crippen molar-refractivity contribution in [3.63, 3.8) is 0 Å². The van der Waals surface area contributed by atoms with Gasteiger partial charge in [0.1, 0.15) is 4.90 Å². The average molecular weight is 314 g/mol. The second kappa shape index (κ2) is 4.02. The van der Waals surface area contributed by atoms with Crippen LogP contribution in [-0.4, -0.2) is 25.1 Å². The number of hydrogen-bond acceptors (Lipinski definition) is 3. The number of anilines is 1. The van der Waals surface area contributed by atoms with Crippen molar-refractivity contribution in [2.24, 2.45) is 4.40 Å². The molecule has 0 fully saturated rings. The maximum atomic E-state index is 11.9. The van der Waals surface area contributed by atoms with Gasteiger partial charge >= 0.3 is 0 Å². The van der Waals surface area contributed by atoms with Gasteiger partial charge in [0.05, 0.1) is 5.69 Å². The monoisotopic (exact) mass is 312 g/mol. The Morgan fingerprint density at radius 1 is 1.24 bits per heavy atom. The summed E-state index contributed by atoms with van der Waals surface area (Å²) >= 11 is 17.1. The van der Waals surface area contributed by atoms with Crippen LogP contribution in [0.5, 0.6) is 0 Å². The van der Waals surface area contributed by atoms with Crippen LogP contribution in [0.4, 0.5) is 5.69 Å². The largest absolute Gasteiger partial charge is 0.327 e. The van der Waals surface area contributed by atoms with E-state index in [9.17, 15) is 8.42 Å². The number of alkyl halides is 3. The fourth-order valence-corrected chi connectivity index (χ4v) is 3.50. The number of para-hydroxylation sites is 1. The predicted molar refractivity (Wildman–Crippen MR) is 69.8 cm³/mol. The lowest BCUT2D eigenvalue weighted by Crippen LogP contribution is -2.40. The molecule has 1 aromatic rings. The third-order valence-electron chi connectivity index (χ3n) is 2.28. The lowest BCUT2D eigenvalue weighted by molar-refractivity contribution is 0.597. The summed E-state index contributed by atoms with van der Waals surface area (Å²) < 4.78 is 25.4. The van der Waals surface area contributed by atoms with E-state index in [1.54, 1.807) is 25.2 Å². The number of amidine groups is 1. The topological polar surface area (TPSA) is 49.7 Å². The molecule has 1 aromatic carbocycles. The molecule has 0 bridgehead atoms. The van der Waals surface area contributed by atoms with E-state index >= 15 is 0 Å². The zero-order valence-corrected chi connectivity index (χ0v) is 11.6. The van der Waals surface area contributed by atoms with Crippen molar-refractivity contribution in [2.75, 3.05) is 11.9 Å². The van der Waals surface area contributed by atoms with E-state index in [1.165, 1.54) is 11.0 Å². The van der Waals surface area contributed by atoms with Crippen LogP contribution < -0.4 is 4.90 Å². The van der Waals surface area contributed by atoms with Gasteiger partial charge in [0, 0.05) is 7.05 Å². The van der Waals surface area contributed by atoms with Crippen LogP contribution in [0.25, 0.3) is 0 Å². The van der Waals surface area contributed by atoms with E-state index in [2.05, 4.69) is 4.40 Å². The van der Waals surface area contributed by atoms with Crippen molar-refractivity contribution in [2.45, 2.75) is 8.69 Å². The highest BCUT2D eigenvalue weighted by Gasteiger charge is 2.39. The third-order valence-corrected chi connectivity index (χ3v) is 4.10. The molecule has 4 nitrogen and oxygen atoms in total. The van der Waals surface area contributed by atoms with Gasteiger partial charge in [-0.2, -0.15) is 8.42 Å². The van der Waals surface area contributed by atoms with E-state index in [-0.39, 0.29) is 10.7 Å². The van der Waals surface area contributed by atoms with Gasteiger partial charge in [-0.1, -0.05) is 46.9 Å².